The predicted molar refractivity (Wildman–Crippen MR) is 101 cm³/mol. The molecule has 0 atom stereocenters. The molecule has 0 fully saturated rings. The number of carbonyl (C=O) groups is 1. The number of ether oxygens (including phenoxy) is 1. The third kappa shape index (κ3) is 4.98. The lowest BCUT2D eigenvalue weighted by Gasteiger charge is -2.11. The van der Waals surface area contributed by atoms with Gasteiger partial charge in [0, 0.05) is 11.8 Å². The summed E-state index contributed by atoms with van der Waals surface area (Å²) >= 11 is 0. The van der Waals surface area contributed by atoms with Crippen molar-refractivity contribution in [1.82, 2.24) is 0 Å². The standard InChI is InChI=1S/C21H25NO2/c1-5-12-24-19-9-6-18(7-10-19)8-11-20(23)22-21-16(3)13-15(2)14-17(21)4/h6-11,13-14H,5,12H2,1-4H3,(H,22,23)/b11-8+. The Morgan fingerprint density at radius 3 is 2.29 bits per heavy atom. The molecule has 0 aliphatic carbocycles. The van der Waals surface area contributed by atoms with Crippen LogP contribution >= 0.6 is 0 Å². The average Bonchev–Trinajstić information content (AvgIpc) is 2.55. The van der Waals surface area contributed by atoms with Gasteiger partial charge < -0.3 is 10.1 Å². The van der Waals surface area contributed by atoms with Crippen LogP contribution in [0.2, 0.25) is 0 Å². The molecule has 3 heteroatoms. The van der Waals surface area contributed by atoms with Crippen LogP contribution in [0.5, 0.6) is 5.75 Å². The van der Waals surface area contributed by atoms with Crippen molar-refractivity contribution in [3.63, 3.8) is 0 Å². The van der Waals surface area contributed by atoms with E-state index in [-0.39, 0.29) is 5.91 Å². The third-order valence-electron chi connectivity index (χ3n) is 3.71. The quantitative estimate of drug-likeness (QED) is 0.755. The first kappa shape index (κ1) is 17.8. The number of carbonyl (C=O) groups excluding carboxylic acids is 1. The van der Waals surface area contributed by atoms with E-state index in [0.29, 0.717) is 6.61 Å². The fourth-order valence-electron chi connectivity index (χ4n) is 2.61. The Morgan fingerprint density at radius 2 is 1.71 bits per heavy atom. The van der Waals surface area contributed by atoms with Crippen molar-refractivity contribution < 1.29 is 9.53 Å². The lowest BCUT2D eigenvalue weighted by atomic mass is 10.1. The van der Waals surface area contributed by atoms with Crippen LogP contribution in [0.4, 0.5) is 5.69 Å². The van der Waals surface area contributed by atoms with Gasteiger partial charge in [-0.05, 0) is 62.1 Å². The highest BCUT2D eigenvalue weighted by Crippen LogP contribution is 2.22. The van der Waals surface area contributed by atoms with Crippen molar-refractivity contribution in [2.75, 3.05) is 11.9 Å². The van der Waals surface area contributed by atoms with Gasteiger partial charge in [0.25, 0.3) is 0 Å². The summed E-state index contributed by atoms with van der Waals surface area (Å²) in [5, 5.41) is 2.96. The lowest BCUT2D eigenvalue weighted by molar-refractivity contribution is -0.111. The monoisotopic (exact) mass is 323 g/mol. The van der Waals surface area contributed by atoms with Crippen molar-refractivity contribution in [1.29, 1.82) is 0 Å². The first-order chi connectivity index (χ1) is 11.5. The molecule has 2 aromatic carbocycles. The summed E-state index contributed by atoms with van der Waals surface area (Å²) in [6, 6.07) is 11.9. The second-order valence-corrected chi connectivity index (χ2v) is 6.01. The van der Waals surface area contributed by atoms with Crippen LogP contribution in [-0.2, 0) is 4.79 Å². The fourth-order valence-corrected chi connectivity index (χ4v) is 2.61. The van der Waals surface area contributed by atoms with E-state index in [2.05, 4.69) is 31.3 Å². The highest BCUT2D eigenvalue weighted by atomic mass is 16.5. The highest BCUT2D eigenvalue weighted by Gasteiger charge is 2.06. The van der Waals surface area contributed by atoms with Gasteiger partial charge in [0.2, 0.25) is 5.91 Å². The number of hydrogen-bond donors (Lipinski definition) is 1. The number of amides is 1. The smallest absolute Gasteiger partial charge is 0.248 e. The molecule has 126 valence electrons. The van der Waals surface area contributed by atoms with E-state index in [9.17, 15) is 4.79 Å². The molecule has 1 amide bonds. The number of nitrogens with one attached hydrogen (secondary N) is 1. The van der Waals surface area contributed by atoms with Gasteiger partial charge in [-0.2, -0.15) is 0 Å². The van der Waals surface area contributed by atoms with Gasteiger partial charge in [0.15, 0.2) is 0 Å². The largest absolute Gasteiger partial charge is 0.494 e. The second kappa shape index (κ2) is 8.34. The van der Waals surface area contributed by atoms with E-state index in [1.807, 2.05) is 38.1 Å². The Morgan fingerprint density at radius 1 is 1.08 bits per heavy atom. The summed E-state index contributed by atoms with van der Waals surface area (Å²) in [4.78, 5) is 12.2. The highest BCUT2D eigenvalue weighted by molar-refractivity contribution is 6.02. The first-order valence-corrected chi connectivity index (χ1v) is 8.29. The predicted octanol–water partition coefficient (Wildman–Crippen LogP) is 5.05. The Balaban J connectivity index is 2.00. The SMILES string of the molecule is CCCOc1ccc(/C=C/C(=O)Nc2c(C)cc(C)cc2C)cc1. The zero-order valence-corrected chi connectivity index (χ0v) is 14.8. The molecule has 0 aliphatic rings. The Kier molecular flexibility index (Phi) is 6.19. The molecule has 0 bridgehead atoms. The summed E-state index contributed by atoms with van der Waals surface area (Å²) in [7, 11) is 0. The number of hydrogen-bond acceptors (Lipinski definition) is 2. The van der Waals surface area contributed by atoms with Gasteiger partial charge in [-0.15, -0.1) is 0 Å². The van der Waals surface area contributed by atoms with Crippen molar-refractivity contribution in [2.24, 2.45) is 0 Å². The number of anilines is 1. The molecule has 0 radical (unpaired) electrons. The lowest BCUT2D eigenvalue weighted by Crippen LogP contribution is -2.10. The zero-order valence-electron chi connectivity index (χ0n) is 14.8. The maximum atomic E-state index is 12.2. The third-order valence-corrected chi connectivity index (χ3v) is 3.71. The van der Waals surface area contributed by atoms with Gasteiger partial charge in [-0.3, -0.25) is 4.79 Å². The molecule has 0 saturated carbocycles. The van der Waals surface area contributed by atoms with Gasteiger partial charge in [-0.25, -0.2) is 0 Å². The van der Waals surface area contributed by atoms with E-state index in [0.717, 1.165) is 34.5 Å². The summed E-state index contributed by atoms with van der Waals surface area (Å²) in [5.41, 5.74) is 5.20. The van der Waals surface area contributed by atoms with Gasteiger partial charge >= 0.3 is 0 Å². The maximum Gasteiger partial charge on any atom is 0.248 e. The van der Waals surface area contributed by atoms with E-state index in [1.54, 1.807) is 12.2 Å². The molecule has 3 nitrogen and oxygen atoms in total. The zero-order chi connectivity index (χ0) is 17.5. The van der Waals surface area contributed by atoms with Gasteiger partial charge in [0.05, 0.1) is 6.61 Å². The Hall–Kier alpha value is -2.55. The van der Waals surface area contributed by atoms with Crippen molar-refractivity contribution >= 4 is 17.7 Å². The molecule has 24 heavy (non-hydrogen) atoms. The van der Waals surface area contributed by atoms with Gasteiger partial charge in [0.1, 0.15) is 5.75 Å². The molecule has 0 saturated heterocycles. The van der Waals surface area contributed by atoms with Crippen molar-refractivity contribution in [3.05, 3.63) is 64.7 Å². The van der Waals surface area contributed by atoms with Gasteiger partial charge in [-0.1, -0.05) is 36.8 Å². The molecule has 2 rings (SSSR count). The van der Waals surface area contributed by atoms with E-state index < -0.39 is 0 Å². The van der Waals surface area contributed by atoms with Crippen molar-refractivity contribution in [3.8, 4) is 5.75 Å². The minimum atomic E-state index is -0.128. The molecule has 0 heterocycles. The molecule has 1 N–H and O–H groups in total. The summed E-state index contributed by atoms with van der Waals surface area (Å²) in [6.45, 7) is 8.86. The molecule has 0 aromatic heterocycles. The Labute approximate surface area is 144 Å². The first-order valence-electron chi connectivity index (χ1n) is 8.29. The van der Waals surface area contributed by atoms with E-state index >= 15 is 0 Å². The molecule has 0 spiro atoms. The van der Waals surface area contributed by atoms with Crippen LogP contribution in [0.25, 0.3) is 6.08 Å². The molecule has 0 unspecified atom stereocenters. The number of rotatable bonds is 6. The molecular formula is C21H25NO2. The summed E-state index contributed by atoms with van der Waals surface area (Å²) in [5.74, 6) is 0.723. The Bertz CT molecular complexity index is 707. The molecule has 0 aliphatic heterocycles. The summed E-state index contributed by atoms with van der Waals surface area (Å²) in [6.07, 6.45) is 4.35. The minimum absolute atomic E-state index is 0.128. The van der Waals surface area contributed by atoms with Crippen LogP contribution < -0.4 is 10.1 Å². The van der Waals surface area contributed by atoms with Crippen molar-refractivity contribution in [2.45, 2.75) is 34.1 Å². The van der Waals surface area contributed by atoms with Crippen LogP contribution in [0, 0.1) is 20.8 Å². The topological polar surface area (TPSA) is 38.3 Å². The second-order valence-electron chi connectivity index (χ2n) is 6.01. The normalized spacial score (nSPS) is 10.8. The van der Waals surface area contributed by atoms with Crippen LogP contribution in [0.15, 0.2) is 42.5 Å². The molecule has 2 aromatic rings. The fraction of sp³-hybridized carbons (Fsp3) is 0.286. The van der Waals surface area contributed by atoms with Crippen LogP contribution in [0.1, 0.15) is 35.6 Å². The van der Waals surface area contributed by atoms with Crippen LogP contribution in [0.3, 0.4) is 0 Å². The minimum Gasteiger partial charge on any atom is -0.494 e. The van der Waals surface area contributed by atoms with E-state index in [4.69, 9.17) is 4.74 Å². The summed E-state index contributed by atoms with van der Waals surface area (Å²) < 4.78 is 5.55. The molecular weight excluding hydrogens is 298 g/mol. The number of aryl methyl sites for hydroxylation is 3. The van der Waals surface area contributed by atoms with E-state index in [1.165, 1.54) is 5.56 Å². The average molecular weight is 323 g/mol. The maximum absolute atomic E-state index is 12.2. The van der Waals surface area contributed by atoms with Crippen LogP contribution in [-0.4, -0.2) is 12.5 Å². The number of benzene rings is 2.